The van der Waals surface area contributed by atoms with Crippen molar-refractivity contribution in [3.05, 3.63) is 60.2 Å². The summed E-state index contributed by atoms with van der Waals surface area (Å²) in [5.41, 5.74) is 1.51. The zero-order valence-corrected chi connectivity index (χ0v) is 14.9. The zero-order valence-electron chi connectivity index (χ0n) is 14.9. The summed E-state index contributed by atoms with van der Waals surface area (Å²) in [7, 11) is -0.400. The van der Waals surface area contributed by atoms with Gasteiger partial charge in [-0.1, -0.05) is 48.5 Å². The van der Waals surface area contributed by atoms with E-state index in [0.717, 1.165) is 17.6 Å². The van der Waals surface area contributed by atoms with Crippen LogP contribution in [0, 0.1) is 0 Å². The van der Waals surface area contributed by atoms with E-state index >= 15 is 0 Å². The van der Waals surface area contributed by atoms with E-state index in [1.807, 2.05) is 42.5 Å². The Morgan fingerprint density at radius 2 is 1.42 bits per heavy atom. The molecule has 0 unspecified atom stereocenters. The Labute approximate surface area is 145 Å². The largest absolute Gasteiger partial charge is 0.498 e. The normalized spacial score (nSPS) is 18.6. The van der Waals surface area contributed by atoms with Crippen molar-refractivity contribution < 1.29 is 14.0 Å². The molecule has 1 aliphatic heterocycles. The van der Waals surface area contributed by atoms with Crippen molar-refractivity contribution in [2.24, 2.45) is 0 Å². The van der Waals surface area contributed by atoms with E-state index in [9.17, 15) is 0 Å². The van der Waals surface area contributed by atoms with Crippen molar-refractivity contribution in [2.45, 2.75) is 45.3 Å². The first kappa shape index (κ1) is 17.1. The van der Waals surface area contributed by atoms with Gasteiger partial charge in [0.2, 0.25) is 0 Å². The Balaban J connectivity index is 1.70. The minimum Gasteiger partial charge on any atom is -0.494 e. The summed E-state index contributed by atoms with van der Waals surface area (Å²) in [5, 5.41) is 0. The number of hydrogen-bond donors (Lipinski definition) is 0. The molecular weight excluding hydrogens is 299 g/mol. The number of ether oxygens (including phenoxy) is 1. The molecule has 2 aromatic rings. The van der Waals surface area contributed by atoms with Crippen LogP contribution in [0.5, 0.6) is 5.75 Å². The summed E-state index contributed by atoms with van der Waals surface area (Å²) in [5.74, 6) is 0.826. The summed E-state index contributed by atoms with van der Waals surface area (Å²) in [4.78, 5) is 0. The first-order chi connectivity index (χ1) is 11.4. The summed E-state index contributed by atoms with van der Waals surface area (Å²) >= 11 is 0. The van der Waals surface area contributed by atoms with Gasteiger partial charge < -0.3 is 14.0 Å². The molecule has 3 rings (SSSR count). The van der Waals surface area contributed by atoms with E-state index in [4.69, 9.17) is 14.0 Å². The average Bonchev–Trinajstić information content (AvgIpc) is 2.77. The molecule has 0 aromatic heterocycles. The van der Waals surface area contributed by atoms with E-state index in [2.05, 4.69) is 39.8 Å². The number of rotatable bonds is 5. The molecule has 1 fully saturated rings. The summed E-state index contributed by atoms with van der Waals surface area (Å²) < 4.78 is 18.3. The minimum absolute atomic E-state index is 0.352. The van der Waals surface area contributed by atoms with Crippen LogP contribution in [0.2, 0.25) is 0 Å². The van der Waals surface area contributed by atoms with Crippen molar-refractivity contribution in [3.8, 4) is 5.75 Å². The first-order valence-corrected chi connectivity index (χ1v) is 8.50. The Morgan fingerprint density at radius 3 is 2.08 bits per heavy atom. The predicted molar refractivity (Wildman–Crippen MR) is 97.8 cm³/mol. The molecule has 2 aromatic carbocycles. The highest BCUT2D eigenvalue weighted by Gasteiger charge is 2.52. The highest BCUT2D eigenvalue weighted by Crippen LogP contribution is 2.37. The molecule has 0 saturated carbocycles. The maximum absolute atomic E-state index is 6.15. The van der Waals surface area contributed by atoms with Crippen LogP contribution in [0.4, 0.5) is 0 Å². The molecule has 3 nitrogen and oxygen atoms in total. The lowest BCUT2D eigenvalue weighted by atomic mass is 9.78. The lowest BCUT2D eigenvalue weighted by Gasteiger charge is -2.32. The van der Waals surface area contributed by atoms with Gasteiger partial charge in [-0.05, 0) is 39.3 Å². The van der Waals surface area contributed by atoms with Crippen LogP contribution < -0.4 is 10.2 Å². The molecule has 1 aliphatic rings. The minimum atomic E-state index is -0.400. The Morgan fingerprint density at radius 1 is 0.833 bits per heavy atom. The highest BCUT2D eigenvalue weighted by atomic mass is 16.7. The number of hydrogen-bond acceptors (Lipinski definition) is 3. The Bertz CT molecular complexity index is 666. The van der Waals surface area contributed by atoms with Gasteiger partial charge in [-0.2, -0.15) is 0 Å². The predicted octanol–water partition coefficient (Wildman–Crippen LogP) is 3.61. The van der Waals surface area contributed by atoms with Gasteiger partial charge in [0.05, 0.1) is 17.8 Å². The van der Waals surface area contributed by atoms with E-state index in [0.29, 0.717) is 6.61 Å². The first-order valence-electron chi connectivity index (χ1n) is 8.50. The van der Waals surface area contributed by atoms with Crippen LogP contribution in [-0.2, 0) is 15.7 Å². The fourth-order valence-electron chi connectivity index (χ4n) is 2.70. The zero-order chi connectivity index (χ0) is 17.2. The van der Waals surface area contributed by atoms with Crippen LogP contribution >= 0.6 is 0 Å². The Hall–Kier alpha value is -1.78. The summed E-state index contributed by atoms with van der Waals surface area (Å²) in [6.07, 6.45) is 0.874. The summed E-state index contributed by atoms with van der Waals surface area (Å²) in [6.45, 7) is 8.87. The third-order valence-electron chi connectivity index (χ3n) is 4.92. The monoisotopic (exact) mass is 324 g/mol. The molecule has 0 spiro atoms. The molecular formula is C20H25BO3. The third-order valence-corrected chi connectivity index (χ3v) is 4.92. The lowest BCUT2D eigenvalue weighted by molar-refractivity contribution is 0.00578. The lowest BCUT2D eigenvalue weighted by Crippen LogP contribution is -2.41. The fourth-order valence-corrected chi connectivity index (χ4v) is 2.70. The third kappa shape index (κ3) is 3.50. The number of benzene rings is 2. The van der Waals surface area contributed by atoms with E-state index in [1.54, 1.807) is 0 Å². The Kier molecular flexibility index (Phi) is 4.70. The molecule has 126 valence electrons. The topological polar surface area (TPSA) is 27.7 Å². The van der Waals surface area contributed by atoms with Crippen molar-refractivity contribution in [3.63, 3.8) is 0 Å². The van der Waals surface area contributed by atoms with Gasteiger partial charge in [0.25, 0.3) is 0 Å². The molecule has 0 N–H and O–H groups in total. The van der Waals surface area contributed by atoms with Crippen molar-refractivity contribution in [1.82, 2.24) is 0 Å². The maximum atomic E-state index is 6.15. The molecule has 0 atom stereocenters. The smallest absolute Gasteiger partial charge is 0.494 e. The van der Waals surface area contributed by atoms with Gasteiger partial charge >= 0.3 is 7.12 Å². The van der Waals surface area contributed by atoms with Crippen LogP contribution in [0.25, 0.3) is 0 Å². The molecule has 1 saturated heterocycles. The molecule has 0 radical (unpaired) electrons. The standard InChI is InChI=1S/C20H25BO3/c1-19(2)20(3,4)24-21(23-19)17-12-8-9-13-18(17)22-15-14-16-10-6-5-7-11-16/h5-13H,14-15H2,1-4H3. The molecule has 24 heavy (non-hydrogen) atoms. The quantitative estimate of drug-likeness (QED) is 0.787. The van der Waals surface area contributed by atoms with Gasteiger partial charge in [-0.15, -0.1) is 0 Å². The molecule has 0 amide bonds. The second-order valence-corrected chi connectivity index (χ2v) is 7.21. The molecule has 0 aliphatic carbocycles. The van der Waals surface area contributed by atoms with Crippen LogP contribution in [0.15, 0.2) is 54.6 Å². The second-order valence-electron chi connectivity index (χ2n) is 7.21. The molecule has 1 heterocycles. The SMILES string of the molecule is CC1(C)OB(c2ccccc2OCCc2ccccc2)OC1(C)C. The van der Waals surface area contributed by atoms with Gasteiger partial charge in [-0.3, -0.25) is 0 Å². The highest BCUT2D eigenvalue weighted by molar-refractivity contribution is 6.63. The van der Waals surface area contributed by atoms with Crippen LogP contribution in [0.1, 0.15) is 33.3 Å². The van der Waals surface area contributed by atoms with Crippen molar-refractivity contribution in [1.29, 1.82) is 0 Å². The maximum Gasteiger partial charge on any atom is 0.498 e. The van der Waals surface area contributed by atoms with Crippen molar-refractivity contribution in [2.75, 3.05) is 6.61 Å². The van der Waals surface area contributed by atoms with Gasteiger partial charge in [-0.25, -0.2) is 0 Å². The number of para-hydroxylation sites is 1. The summed E-state index contributed by atoms with van der Waals surface area (Å²) in [6, 6.07) is 18.3. The van der Waals surface area contributed by atoms with Crippen LogP contribution in [-0.4, -0.2) is 24.9 Å². The average molecular weight is 324 g/mol. The molecule has 0 bridgehead atoms. The van der Waals surface area contributed by atoms with Crippen LogP contribution in [0.3, 0.4) is 0 Å². The van der Waals surface area contributed by atoms with E-state index in [1.165, 1.54) is 5.56 Å². The van der Waals surface area contributed by atoms with E-state index < -0.39 is 7.12 Å². The fraction of sp³-hybridized carbons (Fsp3) is 0.400. The second kappa shape index (κ2) is 6.62. The van der Waals surface area contributed by atoms with Gasteiger partial charge in [0.1, 0.15) is 5.75 Å². The van der Waals surface area contributed by atoms with Gasteiger partial charge in [0, 0.05) is 11.9 Å². The van der Waals surface area contributed by atoms with Crippen molar-refractivity contribution >= 4 is 12.6 Å². The van der Waals surface area contributed by atoms with Gasteiger partial charge in [0.15, 0.2) is 0 Å². The van der Waals surface area contributed by atoms with E-state index in [-0.39, 0.29) is 11.2 Å². The molecule has 4 heteroatoms.